The molecule has 3 aromatic rings. The number of para-hydroxylation sites is 1. The summed E-state index contributed by atoms with van der Waals surface area (Å²) >= 11 is 0. The van der Waals surface area contributed by atoms with E-state index in [1.165, 1.54) is 25.2 Å². The summed E-state index contributed by atoms with van der Waals surface area (Å²) in [4.78, 5) is 14.7. The molecule has 1 amide bonds. The summed E-state index contributed by atoms with van der Waals surface area (Å²) in [5.74, 6) is -0.431. The lowest BCUT2D eigenvalue weighted by molar-refractivity contribution is 0.0968. The monoisotopic (exact) mass is 420 g/mol. The summed E-state index contributed by atoms with van der Waals surface area (Å²) in [7, 11) is 0. The lowest BCUT2D eigenvalue weighted by atomic mass is 9.65. The number of benzene rings is 1. The van der Waals surface area contributed by atoms with E-state index in [9.17, 15) is 9.90 Å². The average Bonchev–Trinajstić information content (AvgIpc) is 3.37. The minimum Gasteiger partial charge on any atom is -0.493 e. The summed E-state index contributed by atoms with van der Waals surface area (Å²) in [6.07, 6.45) is 4.99. The first-order valence-corrected chi connectivity index (χ1v) is 10.8. The van der Waals surface area contributed by atoms with Crippen molar-refractivity contribution < 1.29 is 14.3 Å². The number of hydrogen-bond donors (Lipinski definition) is 1. The minimum atomic E-state index is -0.579. The molecule has 0 radical (unpaired) electrons. The van der Waals surface area contributed by atoms with Gasteiger partial charge in [0.1, 0.15) is 0 Å². The molecule has 1 N–H and O–H groups in total. The van der Waals surface area contributed by atoms with Crippen molar-refractivity contribution in [3.8, 4) is 5.88 Å². The quantitative estimate of drug-likeness (QED) is 0.547. The van der Waals surface area contributed by atoms with E-state index >= 15 is 0 Å². The predicted molar refractivity (Wildman–Crippen MR) is 117 cm³/mol. The first-order chi connectivity index (χ1) is 14.7. The highest BCUT2D eigenvalue weighted by Crippen LogP contribution is 2.53. The van der Waals surface area contributed by atoms with Crippen molar-refractivity contribution in [2.45, 2.75) is 52.7 Å². The van der Waals surface area contributed by atoms with Crippen molar-refractivity contribution in [3.63, 3.8) is 0 Å². The number of aromatic hydroxyl groups is 1. The van der Waals surface area contributed by atoms with Gasteiger partial charge in [0.25, 0.3) is 0 Å². The Bertz CT molecular complexity index is 1160. The number of furan rings is 1. The van der Waals surface area contributed by atoms with Crippen molar-refractivity contribution >= 4 is 22.5 Å². The Morgan fingerprint density at radius 3 is 2.77 bits per heavy atom. The smallest absolute Gasteiger partial charge is 0.331 e. The van der Waals surface area contributed by atoms with Crippen LogP contribution in [0.25, 0.3) is 10.9 Å². The van der Waals surface area contributed by atoms with E-state index in [-0.39, 0.29) is 11.6 Å². The lowest BCUT2D eigenvalue weighted by Crippen LogP contribution is -2.35. The fourth-order valence-corrected chi connectivity index (χ4v) is 5.98. The maximum atomic E-state index is 12.2. The Kier molecular flexibility index (Phi) is 4.55. The van der Waals surface area contributed by atoms with E-state index in [0.717, 1.165) is 23.9 Å². The standard InChI is InChI=1S/C24H28N4O3/c1-23(2)11-16-12-24(3,13-23)14-27(16)15-28-18-8-5-4-7-17(18)20(22(28)30)25-26-21(29)19-9-6-10-31-19/h4-10,16,30H,11-15H2,1-3H3/t16-,24-/m1/s1. The third-order valence-electron chi connectivity index (χ3n) is 6.74. The fraction of sp³-hybridized carbons (Fsp3) is 0.458. The number of likely N-dealkylation sites (tertiary alicyclic amines) is 1. The molecular weight excluding hydrogens is 392 g/mol. The van der Waals surface area contributed by atoms with Crippen LogP contribution in [0, 0.1) is 10.8 Å². The summed E-state index contributed by atoms with van der Waals surface area (Å²) in [5, 5.41) is 19.7. The maximum absolute atomic E-state index is 12.2. The van der Waals surface area contributed by atoms with Crippen molar-refractivity contribution in [1.82, 2.24) is 9.47 Å². The second-order valence-electron chi connectivity index (χ2n) is 10.2. The van der Waals surface area contributed by atoms with Gasteiger partial charge < -0.3 is 9.52 Å². The van der Waals surface area contributed by atoms with Crippen LogP contribution >= 0.6 is 0 Å². The zero-order valence-corrected chi connectivity index (χ0v) is 18.2. The third kappa shape index (κ3) is 3.57. The van der Waals surface area contributed by atoms with Crippen LogP contribution < -0.4 is 0 Å². The number of amides is 1. The van der Waals surface area contributed by atoms with Crippen molar-refractivity contribution in [3.05, 3.63) is 48.4 Å². The molecule has 0 unspecified atom stereocenters. The SMILES string of the molecule is CC1(C)C[C@@H]2C[C@@](C)(CN2Cn2c(O)c(N=NC(=O)c3ccco3)c3ccccc32)C1. The van der Waals surface area contributed by atoms with Crippen molar-refractivity contribution in [1.29, 1.82) is 0 Å². The molecule has 1 aromatic carbocycles. The topological polar surface area (TPSA) is 83.3 Å². The van der Waals surface area contributed by atoms with E-state index in [4.69, 9.17) is 4.42 Å². The van der Waals surface area contributed by atoms with Gasteiger partial charge in [-0.05, 0) is 48.3 Å². The number of carbonyl (C=O) groups is 1. The molecular formula is C24H28N4O3. The molecule has 2 fully saturated rings. The first kappa shape index (κ1) is 20.0. The van der Waals surface area contributed by atoms with Gasteiger partial charge in [-0.3, -0.25) is 14.3 Å². The summed E-state index contributed by atoms with van der Waals surface area (Å²) in [6.45, 7) is 8.70. The second-order valence-corrected chi connectivity index (χ2v) is 10.2. The molecule has 31 heavy (non-hydrogen) atoms. The average molecular weight is 421 g/mol. The largest absolute Gasteiger partial charge is 0.493 e. The fourth-order valence-electron chi connectivity index (χ4n) is 5.98. The van der Waals surface area contributed by atoms with Crippen molar-refractivity contribution in [2.24, 2.45) is 21.1 Å². The van der Waals surface area contributed by atoms with Crippen LogP contribution in [0.4, 0.5) is 5.69 Å². The van der Waals surface area contributed by atoms with Crippen LogP contribution in [0.5, 0.6) is 5.88 Å². The number of hydrogen-bond acceptors (Lipinski definition) is 5. The van der Waals surface area contributed by atoms with Gasteiger partial charge in [-0.25, -0.2) is 0 Å². The van der Waals surface area contributed by atoms with Crippen LogP contribution in [0.1, 0.15) is 50.6 Å². The van der Waals surface area contributed by atoms with Crippen LogP contribution in [0.15, 0.2) is 57.3 Å². The Balaban J connectivity index is 1.48. The molecule has 1 saturated carbocycles. The van der Waals surface area contributed by atoms with E-state index < -0.39 is 5.91 Å². The second kappa shape index (κ2) is 7.05. The van der Waals surface area contributed by atoms with Gasteiger partial charge >= 0.3 is 5.91 Å². The van der Waals surface area contributed by atoms with Crippen LogP contribution in [-0.4, -0.2) is 33.1 Å². The van der Waals surface area contributed by atoms with Crippen LogP contribution in [0.2, 0.25) is 0 Å². The van der Waals surface area contributed by atoms with Gasteiger partial charge in [0.2, 0.25) is 5.88 Å². The summed E-state index contributed by atoms with van der Waals surface area (Å²) in [5.41, 5.74) is 1.83. The molecule has 5 rings (SSSR count). The molecule has 7 heteroatoms. The van der Waals surface area contributed by atoms with Gasteiger partial charge in [-0.15, -0.1) is 10.2 Å². The Hall–Kier alpha value is -2.93. The number of aromatic nitrogens is 1. The molecule has 3 heterocycles. The highest BCUT2D eigenvalue weighted by molar-refractivity contribution is 5.96. The van der Waals surface area contributed by atoms with Crippen LogP contribution in [-0.2, 0) is 6.67 Å². The van der Waals surface area contributed by atoms with E-state index in [1.54, 1.807) is 6.07 Å². The molecule has 2 atom stereocenters. The number of rotatable bonds is 4. The Labute approximate surface area is 181 Å². The van der Waals surface area contributed by atoms with Gasteiger partial charge in [0.05, 0.1) is 18.4 Å². The molecule has 0 spiro atoms. The normalized spacial score (nSPS) is 25.6. The number of fused-ring (bicyclic) bond motifs is 3. The van der Waals surface area contributed by atoms with Gasteiger partial charge in [-0.1, -0.05) is 39.0 Å². The lowest BCUT2D eigenvalue weighted by Gasteiger charge is -2.40. The Morgan fingerprint density at radius 1 is 1.19 bits per heavy atom. The zero-order chi connectivity index (χ0) is 21.8. The predicted octanol–water partition coefficient (Wildman–Crippen LogP) is 5.72. The third-order valence-corrected chi connectivity index (χ3v) is 6.74. The number of nitrogens with zero attached hydrogens (tertiary/aromatic N) is 4. The van der Waals surface area contributed by atoms with E-state index in [2.05, 4.69) is 35.9 Å². The molecule has 2 aliphatic rings. The summed E-state index contributed by atoms with van der Waals surface area (Å²) < 4.78 is 6.97. The maximum Gasteiger partial charge on any atom is 0.331 e. The highest BCUT2D eigenvalue weighted by atomic mass is 16.3. The number of azo groups is 1. The minimum absolute atomic E-state index is 0.0306. The molecule has 1 aliphatic carbocycles. The molecule has 2 aromatic heterocycles. The van der Waals surface area contributed by atoms with Crippen LogP contribution in [0.3, 0.4) is 0 Å². The molecule has 1 saturated heterocycles. The van der Waals surface area contributed by atoms with Gasteiger partial charge in [0, 0.05) is 18.0 Å². The molecule has 1 aliphatic heterocycles. The Morgan fingerprint density at radius 2 is 2.00 bits per heavy atom. The van der Waals surface area contributed by atoms with Gasteiger partial charge in [-0.2, -0.15) is 0 Å². The number of carbonyl (C=O) groups excluding carboxylic acids is 1. The first-order valence-electron chi connectivity index (χ1n) is 10.8. The van der Waals surface area contributed by atoms with Gasteiger partial charge in [0.15, 0.2) is 11.4 Å². The molecule has 2 bridgehead atoms. The molecule has 7 nitrogen and oxygen atoms in total. The van der Waals surface area contributed by atoms with E-state index in [0.29, 0.717) is 29.2 Å². The summed E-state index contributed by atoms with van der Waals surface area (Å²) in [6, 6.07) is 11.4. The van der Waals surface area contributed by atoms with E-state index in [1.807, 2.05) is 28.8 Å². The zero-order valence-electron chi connectivity index (χ0n) is 18.2. The molecule has 162 valence electrons. The highest BCUT2D eigenvalue weighted by Gasteiger charge is 2.49. The van der Waals surface area contributed by atoms with Crippen molar-refractivity contribution in [2.75, 3.05) is 6.54 Å².